The Morgan fingerprint density at radius 2 is 2.12 bits per heavy atom. The van der Waals surface area contributed by atoms with E-state index < -0.39 is 17.2 Å². The molecule has 0 aliphatic carbocycles. The Kier molecular flexibility index (Phi) is 2.23. The first-order chi connectivity index (χ1) is 7.54. The minimum atomic E-state index is -0.924. The SMILES string of the molecule is Cc1cc(=O)oc2c(C=O)c(O)c(F)cc12. The number of carbonyl (C=O) groups excluding carboxylic acids is 1. The van der Waals surface area contributed by atoms with Crippen LogP contribution in [0.1, 0.15) is 15.9 Å². The summed E-state index contributed by atoms with van der Waals surface area (Å²) in [6.07, 6.45) is 0.253. The highest BCUT2D eigenvalue weighted by Crippen LogP contribution is 2.29. The quantitative estimate of drug-likeness (QED) is 0.589. The fraction of sp³-hybridized carbons (Fsp3) is 0.0909. The van der Waals surface area contributed by atoms with Gasteiger partial charge in [0, 0.05) is 11.5 Å². The van der Waals surface area contributed by atoms with Crippen LogP contribution in [0.4, 0.5) is 4.39 Å². The van der Waals surface area contributed by atoms with Gasteiger partial charge < -0.3 is 9.52 Å². The van der Waals surface area contributed by atoms with Crippen molar-refractivity contribution in [2.45, 2.75) is 6.92 Å². The summed E-state index contributed by atoms with van der Waals surface area (Å²) in [5.41, 5.74) is -0.623. The molecule has 0 saturated heterocycles. The Morgan fingerprint density at radius 1 is 1.44 bits per heavy atom. The molecule has 0 aliphatic heterocycles. The molecule has 0 fully saturated rings. The van der Waals surface area contributed by atoms with Crippen LogP contribution in [0.25, 0.3) is 11.0 Å². The zero-order chi connectivity index (χ0) is 11.9. The van der Waals surface area contributed by atoms with Gasteiger partial charge in [-0.05, 0) is 18.6 Å². The molecule has 0 amide bonds. The second kappa shape index (κ2) is 3.44. The largest absolute Gasteiger partial charge is 0.504 e. The first-order valence-electron chi connectivity index (χ1n) is 4.45. The van der Waals surface area contributed by atoms with Crippen LogP contribution in [0.5, 0.6) is 5.75 Å². The van der Waals surface area contributed by atoms with Gasteiger partial charge in [0.05, 0.1) is 0 Å². The van der Waals surface area contributed by atoms with E-state index in [1.54, 1.807) is 6.92 Å². The van der Waals surface area contributed by atoms with Crippen LogP contribution in [0.15, 0.2) is 21.3 Å². The molecule has 0 unspecified atom stereocenters. The first-order valence-corrected chi connectivity index (χ1v) is 4.45. The number of benzene rings is 1. The molecule has 1 N–H and O–H groups in total. The summed E-state index contributed by atoms with van der Waals surface area (Å²) >= 11 is 0. The van der Waals surface area contributed by atoms with Crippen molar-refractivity contribution in [3.05, 3.63) is 39.5 Å². The number of hydrogen-bond donors (Lipinski definition) is 1. The predicted molar refractivity (Wildman–Crippen MR) is 54.2 cm³/mol. The molecular weight excluding hydrogens is 215 g/mol. The van der Waals surface area contributed by atoms with E-state index in [4.69, 9.17) is 4.42 Å². The van der Waals surface area contributed by atoms with Gasteiger partial charge in [-0.25, -0.2) is 9.18 Å². The number of aromatic hydroxyl groups is 1. The van der Waals surface area contributed by atoms with Crippen LogP contribution in [-0.2, 0) is 0 Å². The van der Waals surface area contributed by atoms with Gasteiger partial charge in [-0.3, -0.25) is 4.79 Å². The molecule has 1 aromatic heterocycles. The summed E-state index contributed by atoms with van der Waals surface area (Å²) in [5.74, 6) is -1.73. The van der Waals surface area contributed by atoms with Gasteiger partial charge in [-0.2, -0.15) is 0 Å². The number of aldehydes is 1. The smallest absolute Gasteiger partial charge is 0.336 e. The van der Waals surface area contributed by atoms with Gasteiger partial charge in [0.15, 0.2) is 23.4 Å². The molecule has 0 atom stereocenters. The maximum Gasteiger partial charge on any atom is 0.336 e. The third-order valence-electron chi connectivity index (χ3n) is 2.32. The van der Waals surface area contributed by atoms with E-state index in [1.165, 1.54) is 6.07 Å². The standard InChI is InChI=1S/C11H7FO4/c1-5-2-9(14)16-11-6(5)3-8(12)10(15)7(11)4-13/h2-4,15H,1H3. The Bertz CT molecular complexity index is 642. The normalized spacial score (nSPS) is 10.6. The molecule has 4 nitrogen and oxygen atoms in total. The van der Waals surface area contributed by atoms with Crippen LogP contribution in [0, 0.1) is 12.7 Å². The predicted octanol–water partition coefficient (Wildman–Crippen LogP) is 1.76. The number of aryl methyl sites for hydroxylation is 1. The Morgan fingerprint density at radius 3 is 2.75 bits per heavy atom. The van der Waals surface area contributed by atoms with Gasteiger partial charge in [0.1, 0.15) is 5.56 Å². The van der Waals surface area contributed by atoms with Gasteiger partial charge in [-0.15, -0.1) is 0 Å². The number of hydrogen-bond acceptors (Lipinski definition) is 4. The number of rotatable bonds is 1. The monoisotopic (exact) mass is 222 g/mol. The highest BCUT2D eigenvalue weighted by Gasteiger charge is 2.16. The topological polar surface area (TPSA) is 67.5 Å². The summed E-state index contributed by atoms with van der Waals surface area (Å²) in [6, 6.07) is 2.21. The first kappa shape index (κ1) is 10.4. The summed E-state index contributed by atoms with van der Waals surface area (Å²) < 4.78 is 18.0. The average molecular weight is 222 g/mol. The van der Waals surface area contributed by atoms with Crippen molar-refractivity contribution < 1.29 is 18.7 Å². The molecule has 1 heterocycles. The number of fused-ring (bicyclic) bond motifs is 1. The molecule has 0 aliphatic rings. The van der Waals surface area contributed by atoms with Gasteiger partial charge >= 0.3 is 5.63 Å². The van der Waals surface area contributed by atoms with Crippen molar-refractivity contribution in [2.24, 2.45) is 0 Å². The van der Waals surface area contributed by atoms with Crippen molar-refractivity contribution >= 4 is 17.3 Å². The maximum atomic E-state index is 13.2. The van der Waals surface area contributed by atoms with Crippen LogP contribution in [0.2, 0.25) is 0 Å². The minimum absolute atomic E-state index is 0.0982. The Hall–Kier alpha value is -2.17. The average Bonchev–Trinajstić information content (AvgIpc) is 2.22. The fourth-order valence-corrected chi connectivity index (χ4v) is 1.54. The van der Waals surface area contributed by atoms with E-state index in [0.717, 1.165) is 6.07 Å². The molecule has 0 saturated carbocycles. The molecule has 0 spiro atoms. The lowest BCUT2D eigenvalue weighted by Gasteiger charge is -2.05. The van der Waals surface area contributed by atoms with E-state index >= 15 is 0 Å². The summed E-state index contributed by atoms with van der Waals surface area (Å²) in [6.45, 7) is 1.59. The maximum absolute atomic E-state index is 13.2. The molecule has 16 heavy (non-hydrogen) atoms. The lowest BCUT2D eigenvalue weighted by molar-refractivity contribution is 0.112. The molecular formula is C11H7FO4. The van der Waals surface area contributed by atoms with Crippen LogP contribution in [-0.4, -0.2) is 11.4 Å². The van der Waals surface area contributed by atoms with E-state index in [1.807, 2.05) is 0 Å². The zero-order valence-corrected chi connectivity index (χ0v) is 8.28. The minimum Gasteiger partial charge on any atom is -0.504 e. The number of carbonyl (C=O) groups is 1. The molecule has 0 bridgehead atoms. The summed E-state index contributed by atoms with van der Waals surface area (Å²) in [4.78, 5) is 21.8. The van der Waals surface area contributed by atoms with Crippen molar-refractivity contribution in [1.29, 1.82) is 0 Å². The van der Waals surface area contributed by atoms with Crippen molar-refractivity contribution in [2.75, 3.05) is 0 Å². The Balaban J connectivity index is 3.08. The second-order valence-electron chi connectivity index (χ2n) is 3.36. The lowest BCUT2D eigenvalue weighted by atomic mass is 10.1. The number of phenolic OH excluding ortho intramolecular Hbond substituents is 1. The third kappa shape index (κ3) is 1.37. The molecule has 1 aromatic carbocycles. The van der Waals surface area contributed by atoms with E-state index in [0.29, 0.717) is 5.56 Å². The summed E-state index contributed by atoms with van der Waals surface area (Å²) in [7, 11) is 0. The van der Waals surface area contributed by atoms with Crippen molar-refractivity contribution in [1.82, 2.24) is 0 Å². The molecule has 82 valence electrons. The fourth-order valence-electron chi connectivity index (χ4n) is 1.54. The Labute approximate surface area is 88.9 Å². The lowest BCUT2D eigenvalue weighted by Crippen LogP contribution is -2.00. The zero-order valence-electron chi connectivity index (χ0n) is 8.28. The van der Waals surface area contributed by atoms with Gasteiger partial charge in [0.2, 0.25) is 0 Å². The summed E-state index contributed by atoms with van der Waals surface area (Å²) in [5, 5.41) is 9.60. The van der Waals surface area contributed by atoms with E-state index in [9.17, 15) is 19.1 Å². The highest BCUT2D eigenvalue weighted by atomic mass is 19.1. The van der Waals surface area contributed by atoms with Gasteiger partial charge in [0.25, 0.3) is 0 Å². The van der Waals surface area contributed by atoms with E-state index in [2.05, 4.69) is 0 Å². The molecule has 2 rings (SSSR count). The third-order valence-corrected chi connectivity index (χ3v) is 2.32. The van der Waals surface area contributed by atoms with Crippen molar-refractivity contribution in [3.63, 3.8) is 0 Å². The number of halogens is 1. The molecule has 2 aromatic rings. The highest BCUT2D eigenvalue weighted by molar-refractivity contribution is 5.98. The van der Waals surface area contributed by atoms with Gasteiger partial charge in [-0.1, -0.05) is 0 Å². The number of phenols is 1. The van der Waals surface area contributed by atoms with Crippen LogP contribution < -0.4 is 5.63 Å². The second-order valence-corrected chi connectivity index (χ2v) is 3.36. The molecule has 0 radical (unpaired) electrons. The van der Waals surface area contributed by atoms with Crippen LogP contribution in [0.3, 0.4) is 0 Å². The van der Waals surface area contributed by atoms with Crippen LogP contribution >= 0.6 is 0 Å². The van der Waals surface area contributed by atoms with Crippen molar-refractivity contribution in [3.8, 4) is 5.75 Å². The molecule has 5 heteroatoms. The van der Waals surface area contributed by atoms with E-state index in [-0.39, 0.29) is 22.8 Å².